The van der Waals surface area contributed by atoms with Gasteiger partial charge in [0.25, 0.3) is 0 Å². The van der Waals surface area contributed by atoms with E-state index in [4.69, 9.17) is 11.6 Å². The SMILES string of the molecule is CCC1CCNC(c2ccc(Cl)cc2F)C1. The Balaban J connectivity index is 2.16. The van der Waals surface area contributed by atoms with Crippen LogP contribution >= 0.6 is 11.6 Å². The van der Waals surface area contributed by atoms with E-state index < -0.39 is 0 Å². The highest BCUT2D eigenvalue weighted by Gasteiger charge is 2.23. The first-order valence-electron chi connectivity index (χ1n) is 5.89. The molecule has 0 aromatic heterocycles. The van der Waals surface area contributed by atoms with Crippen molar-refractivity contribution >= 4 is 11.6 Å². The molecular weight excluding hydrogens is 225 g/mol. The van der Waals surface area contributed by atoms with Crippen LogP contribution in [-0.2, 0) is 0 Å². The molecule has 2 unspecified atom stereocenters. The second kappa shape index (κ2) is 5.15. The summed E-state index contributed by atoms with van der Waals surface area (Å²) < 4.78 is 13.7. The van der Waals surface area contributed by atoms with Gasteiger partial charge in [-0.2, -0.15) is 0 Å². The third kappa shape index (κ3) is 2.55. The number of benzene rings is 1. The number of piperidine rings is 1. The molecule has 1 aromatic carbocycles. The van der Waals surface area contributed by atoms with Gasteiger partial charge in [-0.25, -0.2) is 4.39 Å². The van der Waals surface area contributed by atoms with Crippen molar-refractivity contribution in [2.75, 3.05) is 6.54 Å². The molecule has 0 aliphatic carbocycles. The predicted octanol–water partition coefficient (Wildman–Crippen LogP) is 3.93. The maximum Gasteiger partial charge on any atom is 0.129 e. The Hall–Kier alpha value is -0.600. The lowest BCUT2D eigenvalue weighted by atomic mass is 9.87. The van der Waals surface area contributed by atoms with Gasteiger partial charge in [-0.15, -0.1) is 0 Å². The average molecular weight is 242 g/mol. The van der Waals surface area contributed by atoms with Crippen molar-refractivity contribution in [3.63, 3.8) is 0 Å². The molecule has 2 rings (SSSR count). The van der Waals surface area contributed by atoms with Crippen molar-refractivity contribution in [3.05, 3.63) is 34.6 Å². The van der Waals surface area contributed by atoms with E-state index in [2.05, 4.69) is 12.2 Å². The van der Waals surface area contributed by atoms with Crippen LogP contribution in [0.3, 0.4) is 0 Å². The van der Waals surface area contributed by atoms with E-state index in [9.17, 15) is 4.39 Å². The quantitative estimate of drug-likeness (QED) is 0.827. The molecule has 1 saturated heterocycles. The summed E-state index contributed by atoms with van der Waals surface area (Å²) in [6, 6.07) is 5.11. The maximum absolute atomic E-state index is 13.7. The molecule has 1 nitrogen and oxygen atoms in total. The van der Waals surface area contributed by atoms with Crippen LogP contribution in [0.25, 0.3) is 0 Å². The van der Waals surface area contributed by atoms with Gasteiger partial charge < -0.3 is 5.32 Å². The van der Waals surface area contributed by atoms with E-state index in [1.807, 2.05) is 0 Å². The van der Waals surface area contributed by atoms with Crippen molar-refractivity contribution in [1.82, 2.24) is 5.32 Å². The lowest BCUT2D eigenvalue weighted by Crippen LogP contribution is -2.32. The van der Waals surface area contributed by atoms with Crippen LogP contribution < -0.4 is 5.32 Å². The third-order valence-corrected chi connectivity index (χ3v) is 3.66. The largest absolute Gasteiger partial charge is 0.310 e. The smallest absolute Gasteiger partial charge is 0.129 e. The van der Waals surface area contributed by atoms with Crippen LogP contribution in [0.4, 0.5) is 4.39 Å². The predicted molar refractivity (Wildman–Crippen MR) is 65.2 cm³/mol. The molecule has 0 amide bonds. The first-order valence-corrected chi connectivity index (χ1v) is 6.26. The molecule has 2 atom stereocenters. The zero-order valence-electron chi connectivity index (χ0n) is 9.47. The molecule has 1 N–H and O–H groups in total. The Bertz CT molecular complexity index is 367. The minimum absolute atomic E-state index is 0.149. The van der Waals surface area contributed by atoms with Gasteiger partial charge in [-0.1, -0.05) is 31.0 Å². The summed E-state index contributed by atoms with van der Waals surface area (Å²) in [5, 5.41) is 3.84. The van der Waals surface area contributed by atoms with E-state index in [-0.39, 0.29) is 11.9 Å². The molecule has 0 spiro atoms. The van der Waals surface area contributed by atoms with Crippen LogP contribution in [-0.4, -0.2) is 6.54 Å². The van der Waals surface area contributed by atoms with Crippen LogP contribution in [0.15, 0.2) is 18.2 Å². The molecular formula is C13H17ClFN. The maximum atomic E-state index is 13.7. The van der Waals surface area contributed by atoms with Gasteiger partial charge in [0, 0.05) is 16.6 Å². The fourth-order valence-corrected chi connectivity index (χ4v) is 2.55. The summed E-state index contributed by atoms with van der Waals surface area (Å²) in [7, 11) is 0. The zero-order chi connectivity index (χ0) is 11.5. The molecule has 1 aliphatic heterocycles. The Morgan fingerprint density at radius 2 is 2.31 bits per heavy atom. The molecule has 1 heterocycles. The standard InChI is InChI=1S/C13H17ClFN/c1-2-9-5-6-16-13(7-9)11-4-3-10(14)8-12(11)15/h3-4,8-9,13,16H,2,5-7H2,1H3. The summed E-state index contributed by atoms with van der Waals surface area (Å²) in [4.78, 5) is 0. The molecule has 3 heteroatoms. The minimum atomic E-state index is -0.193. The molecule has 16 heavy (non-hydrogen) atoms. The van der Waals surface area contributed by atoms with Gasteiger partial charge in [0.1, 0.15) is 5.82 Å². The van der Waals surface area contributed by atoms with E-state index >= 15 is 0 Å². The molecule has 0 radical (unpaired) electrons. The average Bonchev–Trinajstić information content (AvgIpc) is 2.29. The van der Waals surface area contributed by atoms with Crippen molar-refractivity contribution in [3.8, 4) is 0 Å². The first-order chi connectivity index (χ1) is 7.70. The Morgan fingerprint density at radius 3 is 3.00 bits per heavy atom. The van der Waals surface area contributed by atoms with Gasteiger partial charge >= 0.3 is 0 Å². The van der Waals surface area contributed by atoms with Crippen LogP contribution in [0.2, 0.25) is 5.02 Å². The molecule has 1 aromatic rings. The van der Waals surface area contributed by atoms with Gasteiger partial charge in [-0.05, 0) is 37.4 Å². The van der Waals surface area contributed by atoms with Gasteiger partial charge in [0.15, 0.2) is 0 Å². The summed E-state index contributed by atoms with van der Waals surface area (Å²) in [6.45, 7) is 3.18. The van der Waals surface area contributed by atoms with Gasteiger partial charge in [0.05, 0.1) is 0 Å². The number of nitrogens with one attached hydrogen (secondary N) is 1. The number of halogens is 2. The Morgan fingerprint density at radius 1 is 1.50 bits per heavy atom. The molecule has 0 saturated carbocycles. The summed E-state index contributed by atoms with van der Waals surface area (Å²) in [5.74, 6) is 0.517. The fourth-order valence-electron chi connectivity index (χ4n) is 2.39. The zero-order valence-corrected chi connectivity index (χ0v) is 10.2. The lowest BCUT2D eigenvalue weighted by molar-refractivity contribution is 0.294. The molecule has 0 bridgehead atoms. The van der Waals surface area contributed by atoms with Gasteiger partial charge in [0.2, 0.25) is 0 Å². The van der Waals surface area contributed by atoms with Crippen molar-refractivity contribution in [1.29, 1.82) is 0 Å². The van der Waals surface area contributed by atoms with E-state index in [1.165, 1.54) is 18.9 Å². The van der Waals surface area contributed by atoms with Crippen LogP contribution in [0.5, 0.6) is 0 Å². The van der Waals surface area contributed by atoms with Crippen molar-refractivity contribution in [2.24, 2.45) is 5.92 Å². The van der Waals surface area contributed by atoms with E-state index in [0.717, 1.165) is 18.5 Å². The Labute approximate surface area is 101 Å². The summed E-state index contributed by atoms with van der Waals surface area (Å²) >= 11 is 5.75. The monoisotopic (exact) mass is 241 g/mol. The normalized spacial score (nSPS) is 25.7. The van der Waals surface area contributed by atoms with Crippen LogP contribution in [0, 0.1) is 11.7 Å². The highest BCUT2D eigenvalue weighted by molar-refractivity contribution is 6.30. The Kier molecular flexibility index (Phi) is 3.82. The van der Waals surface area contributed by atoms with Crippen molar-refractivity contribution in [2.45, 2.75) is 32.2 Å². The van der Waals surface area contributed by atoms with Crippen molar-refractivity contribution < 1.29 is 4.39 Å². The van der Waals surface area contributed by atoms with Gasteiger partial charge in [-0.3, -0.25) is 0 Å². The molecule has 88 valence electrons. The minimum Gasteiger partial charge on any atom is -0.310 e. The highest BCUT2D eigenvalue weighted by Crippen LogP contribution is 2.31. The second-order valence-electron chi connectivity index (χ2n) is 4.47. The van der Waals surface area contributed by atoms with E-state index in [1.54, 1.807) is 12.1 Å². The number of hydrogen-bond donors (Lipinski definition) is 1. The summed E-state index contributed by atoms with van der Waals surface area (Å²) in [6.07, 6.45) is 3.39. The highest BCUT2D eigenvalue weighted by atomic mass is 35.5. The summed E-state index contributed by atoms with van der Waals surface area (Å²) in [5.41, 5.74) is 0.752. The molecule has 1 aliphatic rings. The lowest BCUT2D eigenvalue weighted by Gasteiger charge is -2.30. The number of hydrogen-bond acceptors (Lipinski definition) is 1. The van der Waals surface area contributed by atoms with Crippen LogP contribution in [0.1, 0.15) is 37.8 Å². The number of rotatable bonds is 2. The molecule has 1 fully saturated rings. The topological polar surface area (TPSA) is 12.0 Å². The first kappa shape index (κ1) is 11.9. The third-order valence-electron chi connectivity index (χ3n) is 3.43. The fraction of sp³-hybridized carbons (Fsp3) is 0.538. The van der Waals surface area contributed by atoms with E-state index in [0.29, 0.717) is 10.9 Å². The second-order valence-corrected chi connectivity index (χ2v) is 4.91.